The monoisotopic (exact) mass is 399 g/mol. The predicted octanol–water partition coefficient (Wildman–Crippen LogP) is 3.84. The SMILES string of the molecule is Nc1nccc2c(CCc3ccnc(OCC4CCn5ccnc5C4)c3)cccc12. The number of hydrogen-bond acceptors (Lipinski definition) is 5. The van der Waals surface area contributed by atoms with E-state index in [0.717, 1.165) is 43.4 Å². The van der Waals surface area contributed by atoms with E-state index in [-0.39, 0.29) is 0 Å². The zero-order chi connectivity index (χ0) is 20.3. The second kappa shape index (κ2) is 8.14. The maximum Gasteiger partial charge on any atom is 0.213 e. The quantitative estimate of drug-likeness (QED) is 0.533. The molecular formula is C24H25N5O. The summed E-state index contributed by atoms with van der Waals surface area (Å²) in [5.74, 6) is 2.93. The Hall–Kier alpha value is -3.41. The van der Waals surface area contributed by atoms with Gasteiger partial charge in [0.25, 0.3) is 0 Å². The van der Waals surface area contributed by atoms with E-state index >= 15 is 0 Å². The van der Waals surface area contributed by atoms with Crippen LogP contribution >= 0.6 is 0 Å². The van der Waals surface area contributed by atoms with Crippen LogP contribution in [0, 0.1) is 5.92 Å². The third-order valence-corrected chi connectivity index (χ3v) is 5.93. The first kappa shape index (κ1) is 18.6. The fraction of sp³-hybridized carbons (Fsp3) is 0.292. The lowest BCUT2D eigenvalue weighted by Crippen LogP contribution is -2.24. The largest absolute Gasteiger partial charge is 0.477 e. The summed E-state index contributed by atoms with van der Waals surface area (Å²) in [4.78, 5) is 13.0. The van der Waals surface area contributed by atoms with E-state index < -0.39 is 0 Å². The molecule has 6 nitrogen and oxygen atoms in total. The molecule has 0 amide bonds. The number of ether oxygens (including phenoxy) is 1. The maximum absolute atomic E-state index is 6.04. The van der Waals surface area contributed by atoms with Crippen LogP contribution in [0.5, 0.6) is 5.88 Å². The van der Waals surface area contributed by atoms with Crippen molar-refractivity contribution in [2.45, 2.75) is 32.2 Å². The first-order valence-electron chi connectivity index (χ1n) is 10.5. The van der Waals surface area contributed by atoms with E-state index in [1.807, 2.05) is 30.6 Å². The van der Waals surface area contributed by atoms with Crippen molar-refractivity contribution < 1.29 is 4.74 Å². The summed E-state index contributed by atoms with van der Waals surface area (Å²) in [5.41, 5.74) is 8.52. The molecule has 30 heavy (non-hydrogen) atoms. The summed E-state index contributed by atoms with van der Waals surface area (Å²) < 4.78 is 8.27. The second-order valence-electron chi connectivity index (χ2n) is 7.92. The number of fused-ring (bicyclic) bond motifs is 2. The van der Waals surface area contributed by atoms with Gasteiger partial charge >= 0.3 is 0 Å². The van der Waals surface area contributed by atoms with Crippen LogP contribution in [-0.4, -0.2) is 26.1 Å². The molecule has 0 fully saturated rings. The van der Waals surface area contributed by atoms with E-state index in [0.29, 0.717) is 24.2 Å². The molecule has 0 spiro atoms. The third kappa shape index (κ3) is 3.85. The number of anilines is 1. The number of aryl methyl sites for hydroxylation is 3. The molecule has 0 saturated carbocycles. The van der Waals surface area contributed by atoms with Gasteiger partial charge in [-0.2, -0.15) is 0 Å². The van der Waals surface area contributed by atoms with Gasteiger partial charge in [0, 0.05) is 55.1 Å². The average molecular weight is 399 g/mol. The number of pyridine rings is 2. The van der Waals surface area contributed by atoms with Gasteiger partial charge in [-0.3, -0.25) is 0 Å². The molecule has 0 aliphatic carbocycles. The Morgan fingerprint density at radius 3 is 2.90 bits per heavy atom. The van der Waals surface area contributed by atoms with Crippen LogP contribution in [-0.2, 0) is 25.8 Å². The number of benzene rings is 1. The lowest BCUT2D eigenvalue weighted by atomic mass is 9.99. The zero-order valence-electron chi connectivity index (χ0n) is 16.9. The number of nitrogens with zero attached hydrogens (tertiary/aromatic N) is 4. The van der Waals surface area contributed by atoms with Gasteiger partial charge in [0.05, 0.1) is 6.61 Å². The molecule has 1 atom stereocenters. The highest BCUT2D eigenvalue weighted by Crippen LogP contribution is 2.24. The van der Waals surface area contributed by atoms with Gasteiger partial charge in [-0.1, -0.05) is 18.2 Å². The van der Waals surface area contributed by atoms with Crippen molar-refractivity contribution in [2.24, 2.45) is 5.92 Å². The second-order valence-corrected chi connectivity index (χ2v) is 7.92. The van der Waals surface area contributed by atoms with Crippen LogP contribution < -0.4 is 10.5 Å². The van der Waals surface area contributed by atoms with Crippen molar-refractivity contribution >= 4 is 16.6 Å². The van der Waals surface area contributed by atoms with E-state index in [1.54, 1.807) is 6.20 Å². The molecule has 3 aromatic heterocycles. The van der Waals surface area contributed by atoms with Crippen molar-refractivity contribution in [1.29, 1.82) is 0 Å². The van der Waals surface area contributed by atoms with Gasteiger partial charge < -0.3 is 15.0 Å². The minimum atomic E-state index is 0.486. The number of imidazole rings is 1. The molecule has 0 bridgehead atoms. The molecule has 4 heterocycles. The Kier molecular flexibility index (Phi) is 5.05. The van der Waals surface area contributed by atoms with E-state index in [2.05, 4.69) is 43.9 Å². The number of rotatable bonds is 6. The molecule has 1 aliphatic heterocycles. The summed E-state index contributed by atoms with van der Waals surface area (Å²) in [7, 11) is 0. The lowest BCUT2D eigenvalue weighted by Gasteiger charge is -2.23. The Labute approximate surface area is 175 Å². The number of aromatic nitrogens is 4. The van der Waals surface area contributed by atoms with Crippen LogP contribution in [0.2, 0.25) is 0 Å². The maximum atomic E-state index is 6.04. The Morgan fingerprint density at radius 2 is 1.93 bits per heavy atom. The molecule has 1 aliphatic rings. The van der Waals surface area contributed by atoms with Gasteiger partial charge in [0.2, 0.25) is 5.88 Å². The molecule has 5 rings (SSSR count). The number of hydrogen-bond donors (Lipinski definition) is 1. The van der Waals surface area contributed by atoms with E-state index in [9.17, 15) is 0 Å². The molecule has 4 aromatic rings. The minimum Gasteiger partial charge on any atom is -0.477 e. The summed E-state index contributed by atoms with van der Waals surface area (Å²) in [6.07, 6.45) is 11.5. The molecule has 2 N–H and O–H groups in total. The fourth-order valence-corrected chi connectivity index (χ4v) is 4.24. The highest BCUT2D eigenvalue weighted by atomic mass is 16.5. The fourth-order valence-electron chi connectivity index (χ4n) is 4.24. The van der Waals surface area contributed by atoms with Gasteiger partial charge in [-0.05, 0) is 47.9 Å². The Balaban J connectivity index is 1.22. The lowest BCUT2D eigenvalue weighted by molar-refractivity contribution is 0.212. The summed E-state index contributed by atoms with van der Waals surface area (Å²) >= 11 is 0. The van der Waals surface area contributed by atoms with Gasteiger partial charge in [0.1, 0.15) is 11.6 Å². The van der Waals surface area contributed by atoms with Crippen LogP contribution in [0.15, 0.2) is 61.2 Å². The van der Waals surface area contributed by atoms with Crippen molar-refractivity contribution in [3.05, 3.63) is 78.1 Å². The van der Waals surface area contributed by atoms with Gasteiger partial charge in [-0.25, -0.2) is 15.0 Å². The Bertz CT molecular complexity index is 1170. The predicted molar refractivity (Wildman–Crippen MR) is 117 cm³/mol. The summed E-state index contributed by atoms with van der Waals surface area (Å²) in [5, 5.41) is 2.19. The first-order chi connectivity index (χ1) is 14.8. The zero-order valence-corrected chi connectivity index (χ0v) is 16.9. The Morgan fingerprint density at radius 1 is 1.00 bits per heavy atom. The van der Waals surface area contributed by atoms with E-state index in [4.69, 9.17) is 10.5 Å². The molecule has 0 radical (unpaired) electrons. The average Bonchev–Trinajstić information content (AvgIpc) is 3.25. The van der Waals surface area contributed by atoms with Crippen LogP contribution in [0.3, 0.4) is 0 Å². The molecule has 6 heteroatoms. The van der Waals surface area contributed by atoms with Crippen molar-refractivity contribution in [3.63, 3.8) is 0 Å². The standard InChI is InChI=1S/C24H25N5O/c25-24-21-3-1-2-19(20(21)7-10-28-24)5-4-17-6-9-27-23(15-17)30-16-18-8-12-29-13-11-26-22(29)14-18/h1-3,6-7,9-11,13,15,18H,4-5,8,12,14,16H2,(H2,25,28). The molecule has 0 saturated heterocycles. The van der Waals surface area contributed by atoms with E-state index in [1.165, 1.54) is 16.5 Å². The highest BCUT2D eigenvalue weighted by molar-refractivity contribution is 5.93. The third-order valence-electron chi connectivity index (χ3n) is 5.93. The number of nitrogens with two attached hydrogens (primary N) is 1. The van der Waals surface area contributed by atoms with Crippen molar-refractivity contribution in [3.8, 4) is 5.88 Å². The minimum absolute atomic E-state index is 0.486. The summed E-state index contributed by atoms with van der Waals surface area (Å²) in [6.45, 7) is 1.70. The van der Waals surface area contributed by atoms with Crippen molar-refractivity contribution in [1.82, 2.24) is 19.5 Å². The molecular weight excluding hydrogens is 374 g/mol. The van der Waals surface area contributed by atoms with Gasteiger partial charge in [-0.15, -0.1) is 0 Å². The van der Waals surface area contributed by atoms with Crippen molar-refractivity contribution in [2.75, 3.05) is 12.3 Å². The van der Waals surface area contributed by atoms with Crippen LogP contribution in [0.4, 0.5) is 5.82 Å². The smallest absolute Gasteiger partial charge is 0.213 e. The van der Waals surface area contributed by atoms with Crippen LogP contribution in [0.1, 0.15) is 23.4 Å². The normalized spacial score (nSPS) is 15.8. The number of nitrogen functional groups attached to an aromatic ring is 1. The topological polar surface area (TPSA) is 78.9 Å². The van der Waals surface area contributed by atoms with Gasteiger partial charge in [0.15, 0.2) is 0 Å². The first-order valence-corrected chi connectivity index (χ1v) is 10.5. The highest BCUT2D eigenvalue weighted by Gasteiger charge is 2.19. The molecule has 1 aromatic carbocycles. The molecule has 1 unspecified atom stereocenters. The summed E-state index contributed by atoms with van der Waals surface area (Å²) in [6, 6.07) is 12.4. The molecule has 152 valence electrons. The van der Waals surface area contributed by atoms with Crippen LogP contribution in [0.25, 0.3) is 10.8 Å².